The van der Waals surface area contributed by atoms with Crippen LogP contribution in [0.15, 0.2) is 40.9 Å². The number of benzene rings is 2. The lowest BCUT2D eigenvalue weighted by Crippen LogP contribution is -2.09. The molecular weight excluding hydrogens is 363 g/mol. The molecule has 1 N–H and O–H groups in total. The minimum atomic E-state index is -0.508. The van der Waals surface area contributed by atoms with Gasteiger partial charge in [-0.05, 0) is 31.2 Å². The Morgan fingerprint density at radius 3 is 2.71 bits per heavy atom. The highest BCUT2D eigenvalue weighted by Gasteiger charge is 2.15. The van der Waals surface area contributed by atoms with Gasteiger partial charge in [0, 0.05) is 22.2 Å². The second-order valence-corrected chi connectivity index (χ2v) is 5.78. The summed E-state index contributed by atoms with van der Waals surface area (Å²) < 4.78 is 14.6. The van der Waals surface area contributed by atoms with Gasteiger partial charge in [-0.25, -0.2) is 4.39 Å². The smallest absolute Gasteiger partial charge is 0.271 e. The summed E-state index contributed by atoms with van der Waals surface area (Å²) in [5, 5.41) is 14.1. The summed E-state index contributed by atoms with van der Waals surface area (Å²) in [5.41, 5.74) is 0.744. The average Bonchev–Trinajstić information content (AvgIpc) is 2.43. The van der Waals surface area contributed by atoms with Crippen molar-refractivity contribution in [1.82, 2.24) is 0 Å². The van der Waals surface area contributed by atoms with Gasteiger partial charge in [-0.3, -0.25) is 10.1 Å². The second-order valence-electron chi connectivity index (χ2n) is 4.45. The van der Waals surface area contributed by atoms with Crippen LogP contribution in [-0.4, -0.2) is 4.92 Å². The maximum atomic E-state index is 13.8. The van der Waals surface area contributed by atoms with E-state index in [4.69, 9.17) is 11.6 Å². The fourth-order valence-electron chi connectivity index (χ4n) is 1.89. The van der Waals surface area contributed by atoms with Crippen LogP contribution in [0.25, 0.3) is 0 Å². The molecule has 0 aliphatic rings. The summed E-state index contributed by atoms with van der Waals surface area (Å²) >= 11 is 9.30. The third-order valence-electron chi connectivity index (χ3n) is 2.96. The van der Waals surface area contributed by atoms with E-state index in [1.54, 1.807) is 19.1 Å². The molecule has 0 saturated heterocycles. The Hall–Kier alpha value is -1.66. The lowest BCUT2D eigenvalue weighted by molar-refractivity contribution is -0.384. The number of nitro benzene ring substituents is 1. The maximum absolute atomic E-state index is 13.8. The van der Waals surface area contributed by atoms with E-state index in [-0.39, 0.29) is 11.5 Å². The Bertz CT molecular complexity index is 697. The van der Waals surface area contributed by atoms with Gasteiger partial charge in [-0.15, -0.1) is 0 Å². The predicted molar refractivity (Wildman–Crippen MR) is 84.2 cm³/mol. The van der Waals surface area contributed by atoms with E-state index < -0.39 is 11.0 Å². The van der Waals surface area contributed by atoms with Crippen molar-refractivity contribution in [3.8, 4) is 0 Å². The molecule has 1 unspecified atom stereocenters. The van der Waals surface area contributed by atoms with Crippen molar-refractivity contribution in [3.05, 3.63) is 67.4 Å². The van der Waals surface area contributed by atoms with Crippen molar-refractivity contribution in [2.75, 3.05) is 5.32 Å². The number of nitrogens with one attached hydrogen (secondary N) is 1. The van der Waals surface area contributed by atoms with Crippen molar-refractivity contribution in [2.24, 2.45) is 0 Å². The predicted octanol–water partition coefficient (Wildman–Crippen LogP) is 5.32. The summed E-state index contributed by atoms with van der Waals surface area (Å²) in [7, 11) is 0. The maximum Gasteiger partial charge on any atom is 0.271 e. The molecule has 7 heteroatoms. The number of rotatable bonds is 4. The van der Waals surface area contributed by atoms with Crippen molar-refractivity contribution in [1.29, 1.82) is 0 Å². The van der Waals surface area contributed by atoms with Gasteiger partial charge in [-0.2, -0.15) is 0 Å². The molecule has 0 bridgehead atoms. The van der Waals surface area contributed by atoms with Crippen LogP contribution in [0.4, 0.5) is 15.8 Å². The molecule has 0 radical (unpaired) electrons. The summed E-state index contributed by atoms with van der Waals surface area (Å²) in [6.07, 6.45) is 0. The fourth-order valence-corrected chi connectivity index (χ4v) is 2.45. The van der Waals surface area contributed by atoms with Crippen molar-refractivity contribution in [2.45, 2.75) is 13.0 Å². The zero-order chi connectivity index (χ0) is 15.6. The SMILES string of the molecule is CC(Nc1cc([N+](=O)[O-])ccc1Cl)c1cc(Br)ccc1F. The lowest BCUT2D eigenvalue weighted by atomic mass is 10.1. The van der Waals surface area contributed by atoms with Crippen LogP contribution in [0, 0.1) is 15.9 Å². The molecule has 0 aromatic heterocycles. The molecule has 110 valence electrons. The highest BCUT2D eigenvalue weighted by Crippen LogP contribution is 2.31. The van der Waals surface area contributed by atoms with Gasteiger partial charge in [0.15, 0.2) is 0 Å². The Kier molecular flexibility index (Phi) is 4.80. The van der Waals surface area contributed by atoms with Crippen molar-refractivity contribution in [3.63, 3.8) is 0 Å². The quantitative estimate of drug-likeness (QED) is 0.582. The molecule has 2 rings (SSSR count). The number of nitrogens with zero attached hydrogens (tertiary/aromatic N) is 1. The van der Waals surface area contributed by atoms with E-state index in [9.17, 15) is 14.5 Å². The lowest BCUT2D eigenvalue weighted by Gasteiger charge is -2.17. The summed E-state index contributed by atoms with van der Waals surface area (Å²) in [6, 6.07) is 8.29. The molecular formula is C14H11BrClFN2O2. The molecule has 0 amide bonds. The molecule has 2 aromatic carbocycles. The van der Waals surface area contributed by atoms with Crippen molar-refractivity contribution >= 4 is 38.9 Å². The van der Waals surface area contributed by atoms with Crippen LogP contribution in [0.1, 0.15) is 18.5 Å². The van der Waals surface area contributed by atoms with Crippen LogP contribution in [-0.2, 0) is 0 Å². The van der Waals surface area contributed by atoms with Gasteiger partial charge < -0.3 is 5.32 Å². The Balaban J connectivity index is 2.31. The molecule has 0 heterocycles. The molecule has 4 nitrogen and oxygen atoms in total. The average molecular weight is 374 g/mol. The standard InChI is InChI=1S/C14H11BrClFN2O2/c1-8(11-6-9(15)2-5-13(11)17)18-14-7-10(19(20)21)3-4-12(14)16/h2-8,18H,1H3. The molecule has 0 aliphatic heterocycles. The van der Waals surface area contributed by atoms with E-state index >= 15 is 0 Å². The van der Waals surface area contributed by atoms with Crippen LogP contribution in [0.3, 0.4) is 0 Å². The number of hydrogen-bond donors (Lipinski definition) is 1. The van der Waals surface area contributed by atoms with Gasteiger partial charge >= 0.3 is 0 Å². The topological polar surface area (TPSA) is 55.2 Å². The van der Waals surface area contributed by atoms with Crippen LogP contribution in [0.2, 0.25) is 5.02 Å². The third kappa shape index (κ3) is 3.71. The number of halogens is 3. The highest BCUT2D eigenvalue weighted by molar-refractivity contribution is 9.10. The number of non-ortho nitro benzene ring substituents is 1. The molecule has 0 aliphatic carbocycles. The minimum absolute atomic E-state index is 0.0798. The number of anilines is 1. The first kappa shape index (κ1) is 15.7. The molecule has 21 heavy (non-hydrogen) atoms. The summed E-state index contributed by atoms with van der Waals surface area (Å²) in [5.74, 6) is -0.361. The van der Waals surface area contributed by atoms with E-state index in [0.717, 1.165) is 4.47 Å². The highest BCUT2D eigenvalue weighted by atomic mass is 79.9. The zero-order valence-electron chi connectivity index (χ0n) is 10.9. The molecule has 1 atom stereocenters. The van der Waals surface area contributed by atoms with Gasteiger partial charge in [0.1, 0.15) is 5.82 Å². The fraction of sp³-hybridized carbons (Fsp3) is 0.143. The van der Waals surface area contributed by atoms with E-state index in [1.165, 1.54) is 24.3 Å². The van der Waals surface area contributed by atoms with E-state index in [1.807, 2.05) is 0 Å². The molecule has 0 fully saturated rings. The minimum Gasteiger partial charge on any atom is -0.377 e. The first-order chi connectivity index (χ1) is 9.88. The van der Waals surface area contributed by atoms with E-state index in [2.05, 4.69) is 21.2 Å². The second kappa shape index (κ2) is 6.41. The summed E-state index contributed by atoms with van der Waals surface area (Å²) in [4.78, 5) is 10.3. The first-order valence-corrected chi connectivity index (χ1v) is 7.21. The normalized spacial score (nSPS) is 12.0. The molecule has 0 spiro atoms. The Labute approximate surface area is 134 Å². The van der Waals surface area contributed by atoms with Gasteiger partial charge in [0.2, 0.25) is 0 Å². The summed E-state index contributed by atoms with van der Waals surface area (Å²) in [6.45, 7) is 1.75. The first-order valence-electron chi connectivity index (χ1n) is 6.04. The number of hydrogen-bond acceptors (Lipinski definition) is 3. The van der Waals surface area contributed by atoms with Crippen LogP contribution < -0.4 is 5.32 Å². The Morgan fingerprint density at radius 2 is 2.05 bits per heavy atom. The van der Waals surface area contributed by atoms with Crippen LogP contribution in [0.5, 0.6) is 0 Å². The molecule has 0 saturated carbocycles. The van der Waals surface area contributed by atoms with Crippen LogP contribution >= 0.6 is 27.5 Å². The van der Waals surface area contributed by atoms with Gasteiger partial charge in [0.05, 0.1) is 21.7 Å². The van der Waals surface area contributed by atoms with Gasteiger partial charge in [-0.1, -0.05) is 27.5 Å². The Morgan fingerprint density at radius 1 is 1.33 bits per heavy atom. The third-order valence-corrected chi connectivity index (χ3v) is 3.78. The zero-order valence-corrected chi connectivity index (χ0v) is 13.3. The largest absolute Gasteiger partial charge is 0.377 e. The van der Waals surface area contributed by atoms with Gasteiger partial charge in [0.25, 0.3) is 5.69 Å². The van der Waals surface area contributed by atoms with Crippen molar-refractivity contribution < 1.29 is 9.31 Å². The molecule has 2 aromatic rings. The van der Waals surface area contributed by atoms with E-state index in [0.29, 0.717) is 16.3 Å². The monoisotopic (exact) mass is 372 g/mol. The number of nitro groups is 1.